The number of amides is 2. The van der Waals surface area contributed by atoms with Crippen LogP contribution in [-0.2, 0) is 18.8 Å². The van der Waals surface area contributed by atoms with Gasteiger partial charge in [-0.1, -0.05) is 12.1 Å². The van der Waals surface area contributed by atoms with Crippen LogP contribution in [0.2, 0.25) is 0 Å². The van der Waals surface area contributed by atoms with E-state index in [0.29, 0.717) is 17.1 Å². The minimum Gasteiger partial charge on any atom is -0.444 e. The topological polar surface area (TPSA) is 89.5 Å². The predicted octanol–water partition coefficient (Wildman–Crippen LogP) is 3.42. The third kappa shape index (κ3) is 5.65. The summed E-state index contributed by atoms with van der Waals surface area (Å²) in [6.07, 6.45) is 1.35. The van der Waals surface area contributed by atoms with Crippen LogP contribution in [0.3, 0.4) is 0 Å². The first-order valence-corrected chi connectivity index (χ1v) is 11.1. The zero-order chi connectivity index (χ0) is 24.8. The van der Waals surface area contributed by atoms with Gasteiger partial charge in [-0.3, -0.25) is 10.1 Å². The standard InChI is InChI=1S/C24H34BN3O5/c1-22(2,3)31-21(30)27-19-13-16(20(29)28(8)9)12-15-10-11-17(14-18(15)26-19)25-32-23(4,5)24(6,7)33-25/h10-12,14H,13H2,1-9H3,(H,26,27,30). The second kappa shape index (κ2) is 8.61. The Hall–Kier alpha value is -2.65. The molecule has 0 aromatic heterocycles. The molecule has 2 heterocycles. The number of aliphatic imine (C=N–C) groups is 1. The van der Waals surface area contributed by atoms with Crippen molar-refractivity contribution in [2.75, 3.05) is 14.1 Å². The average molecular weight is 455 g/mol. The van der Waals surface area contributed by atoms with Crippen molar-refractivity contribution >= 4 is 42.2 Å². The number of fused-ring (bicyclic) bond motifs is 1. The molecule has 178 valence electrons. The van der Waals surface area contributed by atoms with Crippen LogP contribution in [0.1, 0.15) is 60.5 Å². The molecule has 0 saturated carbocycles. The van der Waals surface area contributed by atoms with E-state index in [4.69, 9.17) is 14.0 Å². The van der Waals surface area contributed by atoms with Gasteiger partial charge in [-0.05, 0) is 66.1 Å². The quantitative estimate of drug-likeness (QED) is 0.691. The van der Waals surface area contributed by atoms with Gasteiger partial charge in [0.25, 0.3) is 0 Å². The lowest BCUT2D eigenvalue weighted by Gasteiger charge is -2.32. The van der Waals surface area contributed by atoms with Crippen LogP contribution >= 0.6 is 0 Å². The van der Waals surface area contributed by atoms with Crippen LogP contribution in [0.25, 0.3) is 6.08 Å². The summed E-state index contributed by atoms with van der Waals surface area (Å²) >= 11 is 0. The molecule has 0 atom stereocenters. The van der Waals surface area contributed by atoms with Crippen molar-refractivity contribution in [1.82, 2.24) is 10.2 Å². The molecule has 0 spiro atoms. The van der Waals surface area contributed by atoms with E-state index in [9.17, 15) is 9.59 Å². The predicted molar refractivity (Wildman–Crippen MR) is 130 cm³/mol. The highest BCUT2D eigenvalue weighted by Gasteiger charge is 2.51. The number of nitrogens with one attached hydrogen (secondary N) is 1. The Balaban J connectivity index is 1.99. The van der Waals surface area contributed by atoms with Crippen molar-refractivity contribution in [3.63, 3.8) is 0 Å². The van der Waals surface area contributed by atoms with Gasteiger partial charge in [0.2, 0.25) is 5.91 Å². The molecule has 2 aliphatic heterocycles. The van der Waals surface area contributed by atoms with Crippen LogP contribution < -0.4 is 10.8 Å². The highest BCUT2D eigenvalue weighted by Crippen LogP contribution is 2.37. The van der Waals surface area contributed by atoms with Crippen LogP contribution in [-0.4, -0.2) is 60.8 Å². The number of carbonyl (C=O) groups is 2. The Morgan fingerprint density at radius 3 is 2.27 bits per heavy atom. The molecular weight excluding hydrogens is 421 g/mol. The molecule has 1 aromatic rings. The van der Waals surface area contributed by atoms with Gasteiger partial charge in [-0.25, -0.2) is 9.79 Å². The smallest absolute Gasteiger partial charge is 0.444 e. The summed E-state index contributed by atoms with van der Waals surface area (Å²) in [5.41, 5.74) is 1.09. The highest BCUT2D eigenvalue weighted by molar-refractivity contribution is 6.62. The monoisotopic (exact) mass is 455 g/mol. The number of alkyl carbamates (subject to hydrolysis) is 1. The lowest BCUT2D eigenvalue weighted by Crippen LogP contribution is -2.41. The van der Waals surface area contributed by atoms with E-state index in [1.165, 1.54) is 4.90 Å². The fourth-order valence-corrected chi connectivity index (χ4v) is 3.43. The Kier molecular flexibility index (Phi) is 6.52. The molecule has 0 aliphatic carbocycles. The molecule has 0 bridgehead atoms. The number of nitrogens with zero attached hydrogens (tertiary/aromatic N) is 2. The van der Waals surface area contributed by atoms with Crippen molar-refractivity contribution in [1.29, 1.82) is 0 Å². The molecule has 0 radical (unpaired) electrons. The molecule has 8 nitrogen and oxygen atoms in total. The third-order valence-corrected chi connectivity index (χ3v) is 5.85. The maximum atomic E-state index is 12.8. The Morgan fingerprint density at radius 1 is 1.12 bits per heavy atom. The largest absolute Gasteiger partial charge is 0.494 e. The van der Waals surface area contributed by atoms with Crippen molar-refractivity contribution in [3.8, 4) is 0 Å². The fourth-order valence-electron chi connectivity index (χ4n) is 3.43. The van der Waals surface area contributed by atoms with Crippen LogP contribution in [0.4, 0.5) is 10.5 Å². The SMILES string of the molecule is CN(C)C(=O)C1=Cc2ccc(B3OC(C)(C)C(C)(C)O3)cc2N=C(NC(=O)OC(C)(C)C)C1. The molecule has 1 fully saturated rings. The number of rotatable bonds is 2. The first-order chi connectivity index (χ1) is 15.1. The van der Waals surface area contributed by atoms with Gasteiger partial charge in [-0.15, -0.1) is 0 Å². The van der Waals surface area contributed by atoms with Gasteiger partial charge in [-0.2, -0.15) is 0 Å². The van der Waals surface area contributed by atoms with Crippen molar-refractivity contribution < 1.29 is 23.6 Å². The number of carbonyl (C=O) groups excluding carboxylic acids is 2. The summed E-state index contributed by atoms with van der Waals surface area (Å²) in [7, 11) is 2.83. The lowest BCUT2D eigenvalue weighted by molar-refractivity contribution is -0.124. The van der Waals surface area contributed by atoms with Gasteiger partial charge in [0, 0.05) is 31.7 Å². The summed E-state index contributed by atoms with van der Waals surface area (Å²) in [6.45, 7) is 13.4. The average Bonchev–Trinajstić information content (AvgIpc) is 2.78. The Labute approximate surface area is 196 Å². The molecule has 33 heavy (non-hydrogen) atoms. The fraction of sp³-hybridized carbons (Fsp3) is 0.542. The Bertz CT molecular complexity index is 1010. The van der Waals surface area contributed by atoms with Crippen molar-refractivity contribution in [2.24, 2.45) is 4.99 Å². The van der Waals surface area contributed by atoms with Gasteiger partial charge in [0.05, 0.1) is 16.9 Å². The molecule has 1 aromatic carbocycles. The molecule has 1 N–H and O–H groups in total. The van der Waals surface area contributed by atoms with Gasteiger partial charge in [0.15, 0.2) is 0 Å². The molecule has 2 amide bonds. The van der Waals surface area contributed by atoms with E-state index in [0.717, 1.165) is 11.0 Å². The van der Waals surface area contributed by atoms with E-state index >= 15 is 0 Å². The normalized spacial score (nSPS) is 19.1. The summed E-state index contributed by atoms with van der Waals surface area (Å²) in [5.74, 6) is 0.173. The molecule has 9 heteroatoms. The molecule has 0 unspecified atom stereocenters. The number of ether oxygens (including phenoxy) is 1. The third-order valence-electron chi connectivity index (χ3n) is 5.85. The van der Waals surface area contributed by atoms with Crippen LogP contribution in [0.15, 0.2) is 28.8 Å². The molecule has 2 aliphatic rings. The maximum absolute atomic E-state index is 12.8. The molecule has 3 rings (SSSR count). The van der Waals surface area contributed by atoms with E-state index in [2.05, 4.69) is 10.3 Å². The van der Waals surface area contributed by atoms with E-state index in [-0.39, 0.29) is 12.3 Å². The first kappa shape index (κ1) is 25.0. The van der Waals surface area contributed by atoms with E-state index < -0.39 is 30.0 Å². The summed E-state index contributed by atoms with van der Waals surface area (Å²) < 4.78 is 17.7. The summed E-state index contributed by atoms with van der Waals surface area (Å²) in [6, 6.07) is 5.67. The molecule has 1 saturated heterocycles. The minimum absolute atomic E-state index is 0.156. The van der Waals surface area contributed by atoms with Gasteiger partial charge < -0.3 is 18.9 Å². The van der Waals surface area contributed by atoms with Crippen LogP contribution in [0.5, 0.6) is 0 Å². The van der Waals surface area contributed by atoms with Crippen LogP contribution in [0, 0.1) is 0 Å². The first-order valence-electron chi connectivity index (χ1n) is 11.1. The van der Waals surface area contributed by atoms with Crippen molar-refractivity contribution in [2.45, 2.75) is 71.7 Å². The summed E-state index contributed by atoms with van der Waals surface area (Å²) in [5, 5.41) is 2.71. The highest BCUT2D eigenvalue weighted by atomic mass is 16.7. The molecular formula is C24H34BN3O5. The van der Waals surface area contributed by atoms with Gasteiger partial charge in [0.1, 0.15) is 11.4 Å². The number of amidine groups is 1. The maximum Gasteiger partial charge on any atom is 0.494 e. The van der Waals surface area contributed by atoms with E-state index in [1.54, 1.807) is 40.9 Å². The van der Waals surface area contributed by atoms with Crippen molar-refractivity contribution in [3.05, 3.63) is 29.3 Å². The second-order valence-corrected chi connectivity index (χ2v) is 10.6. The van der Waals surface area contributed by atoms with Gasteiger partial charge >= 0.3 is 13.2 Å². The number of hydrogen-bond donors (Lipinski definition) is 1. The summed E-state index contributed by atoms with van der Waals surface area (Å²) in [4.78, 5) is 31.3. The minimum atomic E-state index is -0.657. The second-order valence-electron chi connectivity index (χ2n) is 10.6. The number of benzene rings is 1. The Morgan fingerprint density at radius 2 is 1.73 bits per heavy atom. The number of hydrogen-bond acceptors (Lipinski definition) is 6. The van der Waals surface area contributed by atoms with E-state index in [1.807, 2.05) is 45.9 Å². The lowest BCUT2D eigenvalue weighted by atomic mass is 9.78. The zero-order valence-corrected chi connectivity index (χ0v) is 21.0. The number of likely N-dealkylation sites (N-methyl/N-ethyl adjacent to an activating group) is 1. The zero-order valence-electron chi connectivity index (χ0n) is 21.0.